The molecule has 1 aliphatic heterocycles. The van der Waals surface area contributed by atoms with Gasteiger partial charge in [0.2, 0.25) is 0 Å². The van der Waals surface area contributed by atoms with Crippen LogP contribution in [0.5, 0.6) is 0 Å². The van der Waals surface area contributed by atoms with E-state index in [0.29, 0.717) is 6.42 Å². The van der Waals surface area contributed by atoms with Crippen LogP contribution in [0.4, 0.5) is 0 Å². The summed E-state index contributed by atoms with van der Waals surface area (Å²) >= 11 is 0. The van der Waals surface area contributed by atoms with Crippen molar-refractivity contribution in [3.63, 3.8) is 0 Å². The lowest BCUT2D eigenvalue weighted by atomic mass is 9.89. The summed E-state index contributed by atoms with van der Waals surface area (Å²) in [5.41, 5.74) is 2.00. The number of sulfone groups is 1. The first-order chi connectivity index (χ1) is 13.9. The molecule has 0 bridgehead atoms. The lowest BCUT2D eigenvalue weighted by Crippen LogP contribution is -2.33. The monoisotopic (exact) mass is 412 g/mol. The Morgan fingerprint density at radius 2 is 1.55 bits per heavy atom. The van der Waals surface area contributed by atoms with Crippen LogP contribution in [0.1, 0.15) is 34.6 Å². The van der Waals surface area contributed by atoms with Crippen LogP contribution in [0.2, 0.25) is 0 Å². The van der Waals surface area contributed by atoms with Gasteiger partial charge in [0, 0.05) is 17.2 Å². The van der Waals surface area contributed by atoms with Gasteiger partial charge < -0.3 is 15.3 Å². The van der Waals surface area contributed by atoms with E-state index in [4.69, 9.17) is 5.11 Å². The van der Waals surface area contributed by atoms with E-state index in [1.807, 2.05) is 36.4 Å². The predicted octanol–water partition coefficient (Wildman–Crippen LogP) is 2.53. The third kappa shape index (κ3) is 3.69. The van der Waals surface area contributed by atoms with E-state index < -0.39 is 26.6 Å². The first-order valence-electron chi connectivity index (χ1n) is 9.59. The van der Waals surface area contributed by atoms with Crippen LogP contribution >= 0.6 is 0 Å². The standard InChI is InChI=1S/C23H24O5S/c24-14-17-3-1-16(2-4-17)9-11-23(26)13-20(19-7-5-18(15-25)6-8-19)22-21(23)10-12-29(22,27)28/h1-12,20-22,24-26H,13-15H2/t20-,21-,22-,23+/m0/s1. The number of rotatable bonds is 5. The van der Waals surface area contributed by atoms with Crippen LogP contribution in [0, 0.1) is 5.92 Å². The summed E-state index contributed by atoms with van der Waals surface area (Å²) in [4.78, 5) is 0. The zero-order chi connectivity index (χ0) is 20.6. The highest BCUT2D eigenvalue weighted by Crippen LogP contribution is 2.53. The molecule has 152 valence electrons. The van der Waals surface area contributed by atoms with Crippen molar-refractivity contribution in [3.8, 4) is 0 Å². The first kappa shape index (κ1) is 20.0. The Bertz CT molecular complexity index is 1040. The summed E-state index contributed by atoms with van der Waals surface area (Å²) in [6.07, 6.45) is 5.41. The second kappa shape index (κ2) is 7.54. The highest BCUT2D eigenvalue weighted by Gasteiger charge is 2.57. The van der Waals surface area contributed by atoms with E-state index in [9.17, 15) is 18.6 Å². The summed E-state index contributed by atoms with van der Waals surface area (Å²) in [5, 5.41) is 30.3. The molecule has 5 nitrogen and oxygen atoms in total. The van der Waals surface area contributed by atoms with Crippen molar-refractivity contribution in [1.82, 2.24) is 0 Å². The molecule has 0 unspecified atom stereocenters. The minimum absolute atomic E-state index is 0.0307. The topological polar surface area (TPSA) is 94.8 Å². The van der Waals surface area contributed by atoms with E-state index in [1.165, 1.54) is 5.41 Å². The van der Waals surface area contributed by atoms with E-state index >= 15 is 0 Å². The number of fused-ring (bicyclic) bond motifs is 1. The van der Waals surface area contributed by atoms with Gasteiger partial charge in [0.1, 0.15) is 0 Å². The van der Waals surface area contributed by atoms with Crippen LogP contribution in [0.3, 0.4) is 0 Å². The predicted molar refractivity (Wildman–Crippen MR) is 111 cm³/mol. The molecule has 2 aliphatic rings. The molecular formula is C23H24O5S. The fourth-order valence-corrected chi connectivity index (χ4v) is 6.48. The second-order valence-electron chi connectivity index (χ2n) is 7.84. The lowest BCUT2D eigenvalue weighted by Gasteiger charge is -2.24. The quantitative estimate of drug-likeness (QED) is 0.702. The molecule has 0 radical (unpaired) electrons. The van der Waals surface area contributed by atoms with Gasteiger partial charge in [-0.25, -0.2) is 8.42 Å². The maximum atomic E-state index is 12.7. The lowest BCUT2D eigenvalue weighted by molar-refractivity contribution is 0.0705. The molecule has 0 saturated heterocycles. The molecular weight excluding hydrogens is 388 g/mol. The Kier molecular flexibility index (Phi) is 5.21. The maximum Gasteiger partial charge on any atom is 0.175 e. The Balaban J connectivity index is 1.66. The highest BCUT2D eigenvalue weighted by atomic mass is 32.2. The van der Waals surface area contributed by atoms with Crippen molar-refractivity contribution in [2.24, 2.45) is 5.92 Å². The minimum atomic E-state index is -3.45. The molecule has 4 atom stereocenters. The highest BCUT2D eigenvalue weighted by molar-refractivity contribution is 7.95. The van der Waals surface area contributed by atoms with Gasteiger partial charge in [-0.2, -0.15) is 0 Å². The molecule has 29 heavy (non-hydrogen) atoms. The number of benzene rings is 2. The van der Waals surface area contributed by atoms with Gasteiger partial charge in [-0.15, -0.1) is 0 Å². The second-order valence-corrected chi connectivity index (χ2v) is 9.84. The molecule has 0 amide bonds. The van der Waals surface area contributed by atoms with Crippen molar-refractivity contribution in [2.45, 2.75) is 36.4 Å². The SMILES string of the molecule is O=S1(=O)C=C[C@H]2[C@@H]1[C@H](c1ccc(CO)cc1)C[C@]2(O)C=Cc1ccc(CO)cc1. The maximum absolute atomic E-state index is 12.7. The number of aliphatic hydroxyl groups excluding tert-OH is 2. The van der Waals surface area contributed by atoms with Crippen LogP contribution in [-0.4, -0.2) is 34.6 Å². The third-order valence-electron chi connectivity index (χ3n) is 6.05. The molecule has 2 aromatic rings. The van der Waals surface area contributed by atoms with Crippen molar-refractivity contribution in [2.75, 3.05) is 0 Å². The van der Waals surface area contributed by atoms with Crippen molar-refractivity contribution < 1.29 is 23.7 Å². The van der Waals surface area contributed by atoms with E-state index in [2.05, 4.69) is 0 Å². The summed E-state index contributed by atoms with van der Waals surface area (Å²) in [6.45, 7) is -0.101. The molecule has 2 aromatic carbocycles. The number of hydrogen-bond acceptors (Lipinski definition) is 5. The van der Waals surface area contributed by atoms with E-state index in [-0.39, 0.29) is 19.1 Å². The normalized spacial score (nSPS) is 30.1. The fourth-order valence-electron chi connectivity index (χ4n) is 4.47. The summed E-state index contributed by atoms with van der Waals surface area (Å²) in [5.74, 6) is -0.845. The van der Waals surface area contributed by atoms with Gasteiger partial charge in [0.15, 0.2) is 9.84 Å². The molecule has 1 fully saturated rings. The molecule has 1 aliphatic carbocycles. The molecule has 1 saturated carbocycles. The van der Waals surface area contributed by atoms with Crippen molar-refractivity contribution >= 4 is 15.9 Å². The Morgan fingerprint density at radius 1 is 0.966 bits per heavy atom. The molecule has 4 rings (SSSR count). The summed E-state index contributed by atoms with van der Waals surface area (Å²) in [7, 11) is -3.45. The Labute approximate surface area is 170 Å². The van der Waals surface area contributed by atoms with Gasteiger partial charge in [0.05, 0.1) is 24.1 Å². The average molecular weight is 413 g/mol. The van der Waals surface area contributed by atoms with Gasteiger partial charge in [0.25, 0.3) is 0 Å². The minimum Gasteiger partial charge on any atom is -0.392 e. The summed E-state index contributed by atoms with van der Waals surface area (Å²) in [6, 6.07) is 14.6. The smallest absolute Gasteiger partial charge is 0.175 e. The zero-order valence-corrected chi connectivity index (χ0v) is 16.7. The van der Waals surface area contributed by atoms with Crippen molar-refractivity contribution in [1.29, 1.82) is 0 Å². The van der Waals surface area contributed by atoms with Gasteiger partial charge >= 0.3 is 0 Å². The third-order valence-corrected chi connectivity index (χ3v) is 7.96. The van der Waals surface area contributed by atoms with Crippen molar-refractivity contribution in [3.05, 3.63) is 88.3 Å². The van der Waals surface area contributed by atoms with Crippen LogP contribution < -0.4 is 0 Å². The van der Waals surface area contributed by atoms with Crippen LogP contribution in [0.25, 0.3) is 6.08 Å². The van der Waals surface area contributed by atoms with Gasteiger partial charge in [-0.1, -0.05) is 66.8 Å². The Morgan fingerprint density at radius 3 is 2.14 bits per heavy atom. The number of aliphatic hydroxyl groups is 3. The fraction of sp³-hybridized carbons (Fsp3) is 0.304. The molecule has 3 N–H and O–H groups in total. The number of hydrogen-bond donors (Lipinski definition) is 3. The van der Waals surface area contributed by atoms with E-state index in [0.717, 1.165) is 22.3 Å². The Hall–Kier alpha value is -2.25. The van der Waals surface area contributed by atoms with E-state index in [1.54, 1.807) is 30.4 Å². The van der Waals surface area contributed by atoms with Crippen LogP contribution in [-0.2, 0) is 23.1 Å². The zero-order valence-electron chi connectivity index (χ0n) is 15.8. The molecule has 0 aromatic heterocycles. The first-order valence-corrected chi connectivity index (χ1v) is 11.2. The largest absolute Gasteiger partial charge is 0.392 e. The summed E-state index contributed by atoms with van der Waals surface area (Å²) < 4.78 is 25.4. The molecule has 1 heterocycles. The van der Waals surface area contributed by atoms with Gasteiger partial charge in [-0.05, 0) is 28.7 Å². The van der Waals surface area contributed by atoms with Gasteiger partial charge in [-0.3, -0.25) is 0 Å². The molecule has 6 heteroatoms. The average Bonchev–Trinajstić information content (AvgIpc) is 3.23. The molecule has 0 spiro atoms. The van der Waals surface area contributed by atoms with Crippen LogP contribution in [0.15, 0.2) is 66.1 Å².